The highest BCUT2D eigenvalue weighted by Crippen LogP contribution is 2.34. The van der Waals surface area contributed by atoms with Gasteiger partial charge >= 0.3 is 6.18 Å². The molecule has 0 spiro atoms. The molecule has 1 amide bonds. The van der Waals surface area contributed by atoms with E-state index in [0.29, 0.717) is 11.4 Å². The zero-order valence-electron chi connectivity index (χ0n) is 12.6. The van der Waals surface area contributed by atoms with Gasteiger partial charge in [-0.2, -0.15) is 13.2 Å². The molecule has 0 fully saturated rings. The average Bonchev–Trinajstić information content (AvgIpc) is 2.48. The van der Waals surface area contributed by atoms with Gasteiger partial charge in [-0.25, -0.2) is 0 Å². The summed E-state index contributed by atoms with van der Waals surface area (Å²) in [4.78, 5) is 10.9. The number of carbonyl (C=O) groups is 1. The summed E-state index contributed by atoms with van der Waals surface area (Å²) in [6.45, 7) is 1.39. The average molecular weight is 353 g/mol. The normalized spacial score (nSPS) is 10.8. The summed E-state index contributed by atoms with van der Waals surface area (Å²) in [6.07, 6.45) is -4.47. The minimum absolute atomic E-state index is 0.0268. The topological polar surface area (TPSA) is 53.2 Å². The van der Waals surface area contributed by atoms with Gasteiger partial charge in [-0.05, 0) is 48.6 Å². The monoisotopic (exact) mass is 353 g/mol. The second kappa shape index (κ2) is 7.31. The molecule has 126 valence electrons. The van der Waals surface area contributed by atoms with Crippen LogP contribution in [0.1, 0.15) is 12.5 Å². The number of para-hydroxylation sites is 1. The smallest absolute Gasteiger partial charge is 0.332 e. The van der Waals surface area contributed by atoms with Crippen LogP contribution in [-0.4, -0.2) is 11.0 Å². The molecule has 0 aromatic heterocycles. The van der Waals surface area contributed by atoms with Crippen molar-refractivity contribution in [2.24, 2.45) is 0 Å². The minimum Gasteiger partial charge on any atom is -0.332 e. The number of benzene rings is 2. The highest BCUT2D eigenvalue weighted by molar-refractivity contribution is 7.80. The number of thiocarbonyl (C=S) groups is 1. The fourth-order valence-electron chi connectivity index (χ4n) is 1.96. The lowest BCUT2D eigenvalue weighted by Crippen LogP contribution is -2.21. The summed E-state index contributed by atoms with van der Waals surface area (Å²) in [7, 11) is 0. The number of nitrogens with one attached hydrogen (secondary N) is 3. The molecule has 3 N–H and O–H groups in total. The van der Waals surface area contributed by atoms with Crippen molar-refractivity contribution < 1.29 is 18.0 Å². The number of hydrogen-bond acceptors (Lipinski definition) is 2. The maximum atomic E-state index is 12.9. The molecule has 0 aliphatic heterocycles. The quantitative estimate of drug-likeness (QED) is 0.713. The predicted molar refractivity (Wildman–Crippen MR) is 92.0 cm³/mol. The largest absolute Gasteiger partial charge is 0.418 e. The molecule has 0 aliphatic rings. The Hall–Kier alpha value is -2.61. The van der Waals surface area contributed by atoms with Gasteiger partial charge in [0.2, 0.25) is 5.91 Å². The number of halogens is 3. The Balaban J connectivity index is 2.05. The van der Waals surface area contributed by atoms with Crippen molar-refractivity contribution in [3.05, 3.63) is 54.1 Å². The molecule has 4 nitrogen and oxygen atoms in total. The second-order valence-corrected chi connectivity index (χ2v) is 5.29. The lowest BCUT2D eigenvalue weighted by atomic mass is 10.1. The van der Waals surface area contributed by atoms with Crippen LogP contribution in [0.3, 0.4) is 0 Å². The lowest BCUT2D eigenvalue weighted by Gasteiger charge is -2.16. The van der Waals surface area contributed by atoms with Crippen LogP contribution in [0.25, 0.3) is 0 Å². The third kappa shape index (κ3) is 4.95. The zero-order chi connectivity index (χ0) is 17.7. The first-order valence-electron chi connectivity index (χ1n) is 6.87. The van der Waals surface area contributed by atoms with Crippen molar-refractivity contribution in [3.63, 3.8) is 0 Å². The van der Waals surface area contributed by atoms with E-state index in [1.807, 2.05) is 0 Å². The number of hydrogen-bond donors (Lipinski definition) is 3. The summed E-state index contributed by atoms with van der Waals surface area (Å²) in [5, 5.41) is 7.97. The van der Waals surface area contributed by atoms with E-state index >= 15 is 0 Å². The van der Waals surface area contributed by atoms with Crippen molar-refractivity contribution in [1.29, 1.82) is 0 Å². The van der Waals surface area contributed by atoms with E-state index in [0.717, 1.165) is 6.07 Å². The van der Waals surface area contributed by atoms with Crippen LogP contribution in [0.2, 0.25) is 0 Å². The van der Waals surface area contributed by atoms with Crippen LogP contribution in [0, 0.1) is 0 Å². The first-order chi connectivity index (χ1) is 11.3. The number of alkyl halides is 3. The van der Waals surface area contributed by atoms with Crippen LogP contribution in [0.5, 0.6) is 0 Å². The van der Waals surface area contributed by atoms with E-state index in [-0.39, 0.29) is 16.7 Å². The molecule has 2 aromatic rings. The van der Waals surface area contributed by atoms with E-state index < -0.39 is 11.7 Å². The van der Waals surface area contributed by atoms with Gasteiger partial charge in [0.15, 0.2) is 5.11 Å². The van der Waals surface area contributed by atoms with Crippen molar-refractivity contribution in [3.8, 4) is 0 Å². The van der Waals surface area contributed by atoms with Crippen LogP contribution in [0.4, 0.5) is 30.2 Å². The maximum absolute atomic E-state index is 12.9. The van der Waals surface area contributed by atoms with Gasteiger partial charge in [0.1, 0.15) is 0 Å². The first kappa shape index (κ1) is 17.7. The Labute approximate surface area is 142 Å². The molecule has 8 heteroatoms. The molecule has 0 aliphatic carbocycles. The SMILES string of the molecule is CC(=O)Nc1ccc(NC(=S)Nc2ccccc2C(F)(F)F)cc1. The Morgan fingerprint density at radius 3 is 2.00 bits per heavy atom. The minimum atomic E-state index is -4.47. The number of anilines is 3. The van der Waals surface area contributed by atoms with Crippen molar-refractivity contribution in [1.82, 2.24) is 0 Å². The fourth-order valence-corrected chi connectivity index (χ4v) is 2.19. The summed E-state index contributed by atoms with van der Waals surface area (Å²) in [6, 6.07) is 11.7. The highest BCUT2D eigenvalue weighted by atomic mass is 32.1. The van der Waals surface area contributed by atoms with E-state index in [9.17, 15) is 18.0 Å². The van der Waals surface area contributed by atoms with Gasteiger partial charge in [-0.1, -0.05) is 12.1 Å². The molecule has 0 bridgehead atoms. The summed E-state index contributed by atoms with van der Waals surface area (Å²) < 4.78 is 38.8. The third-order valence-corrected chi connectivity index (χ3v) is 3.15. The number of carbonyl (C=O) groups excluding carboxylic acids is 1. The Morgan fingerprint density at radius 1 is 0.917 bits per heavy atom. The van der Waals surface area contributed by atoms with Gasteiger partial charge in [-0.3, -0.25) is 4.79 Å². The van der Waals surface area contributed by atoms with Crippen LogP contribution >= 0.6 is 12.2 Å². The molecule has 2 rings (SSSR count). The Kier molecular flexibility index (Phi) is 5.40. The lowest BCUT2D eigenvalue weighted by molar-refractivity contribution is -0.136. The van der Waals surface area contributed by atoms with Gasteiger partial charge < -0.3 is 16.0 Å². The molecular formula is C16H14F3N3OS. The molecular weight excluding hydrogens is 339 g/mol. The van der Waals surface area contributed by atoms with Crippen molar-refractivity contribution in [2.75, 3.05) is 16.0 Å². The van der Waals surface area contributed by atoms with E-state index in [1.54, 1.807) is 24.3 Å². The summed E-state index contributed by atoms with van der Waals surface area (Å²) in [5.74, 6) is -0.198. The maximum Gasteiger partial charge on any atom is 0.418 e. The first-order valence-corrected chi connectivity index (χ1v) is 7.28. The Morgan fingerprint density at radius 2 is 1.46 bits per heavy atom. The van der Waals surface area contributed by atoms with Crippen LogP contribution in [-0.2, 0) is 11.0 Å². The predicted octanol–water partition coefficient (Wildman–Crippen LogP) is 4.47. The second-order valence-electron chi connectivity index (χ2n) is 4.88. The molecule has 0 unspecified atom stereocenters. The highest BCUT2D eigenvalue weighted by Gasteiger charge is 2.33. The molecule has 2 aromatic carbocycles. The zero-order valence-corrected chi connectivity index (χ0v) is 13.4. The molecule has 24 heavy (non-hydrogen) atoms. The fraction of sp³-hybridized carbons (Fsp3) is 0.125. The van der Waals surface area contributed by atoms with E-state index in [2.05, 4.69) is 16.0 Å². The third-order valence-electron chi connectivity index (χ3n) is 2.94. The Bertz CT molecular complexity index is 745. The van der Waals surface area contributed by atoms with Crippen molar-refractivity contribution >= 4 is 40.3 Å². The standard InChI is InChI=1S/C16H14F3N3OS/c1-10(23)20-11-6-8-12(9-7-11)21-15(24)22-14-5-3-2-4-13(14)16(17,18)19/h2-9H,1H3,(H,20,23)(H2,21,22,24). The van der Waals surface area contributed by atoms with Crippen LogP contribution < -0.4 is 16.0 Å². The van der Waals surface area contributed by atoms with E-state index in [4.69, 9.17) is 12.2 Å². The molecule has 0 radical (unpaired) electrons. The number of rotatable bonds is 3. The van der Waals surface area contributed by atoms with Gasteiger partial charge in [0.05, 0.1) is 11.3 Å². The van der Waals surface area contributed by atoms with Crippen LogP contribution in [0.15, 0.2) is 48.5 Å². The number of amides is 1. The molecule has 0 atom stereocenters. The molecule has 0 saturated carbocycles. The summed E-state index contributed by atoms with van der Waals surface area (Å²) in [5.41, 5.74) is 0.257. The molecule has 0 saturated heterocycles. The summed E-state index contributed by atoms with van der Waals surface area (Å²) >= 11 is 5.04. The molecule has 0 heterocycles. The van der Waals surface area contributed by atoms with Gasteiger partial charge in [0.25, 0.3) is 0 Å². The van der Waals surface area contributed by atoms with Gasteiger partial charge in [-0.15, -0.1) is 0 Å². The van der Waals surface area contributed by atoms with Gasteiger partial charge in [0, 0.05) is 18.3 Å². The van der Waals surface area contributed by atoms with Crippen molar-refractivity contribution in [2.45, 2.75) is 13.1 Å². The van der Waals surface area contributed by atoms with E-state index in [1.165, 1.54) is 25.1 Å².